The Bertz CT molecular complexity index is 424. The minimum Gasteiger partial charge on any atom is -0.493 e. The third kappa shape index (κ3) is 4.62. The molecule has 0 saturated carbocycles. The molecule has 20 heavy (non-hydrogen) atoms. The van der Waals surface area contributed by atoms with Crippen LogP contribution in [0.5, 0.6) is 5.75 Å². The summed E-state index contributed by atoms with van der Waals surface area (Å²) < 4.78 is 16.8. The maximum absolute atomic E-state index is 10.7. The fourth-order valence-corrected chi connectivity index (χ4v) is 2.18. The molecule has 4 heteroatoms. The Morgan fingerprint density at radius 1 is 1.35 bits per heavy atom. The molecule has 1 aromatic carbocycles. The summed E-state index contributed by atoms with van der Waals surface area (Å²) in [5, 5.41) is 0. The average Bonchev–Trinajstić information content (AvgIpc) is 2.48. The van der Waals surface area contributed by atoms with E-state index in [1.54, 1.807) is 6.07 Å². The van der Waals surface area contributed by atoms with Crippen LogP contribution in [0, 0.1) is 6.92 Å². The van der Waals surface area contributed by atoms with Crippen LogP contribution in [0.3, 0.4) is 0 Å². The molecular weight excluding hydrogens is 256 g/mol. The largest absolute Gasteiger partial charge is 0.493 e. The van der Waals surface area contributed by atoms with Crippen molar-refractivity contribution >= 4 is 6.29 Å². The van der Waals surface area contributed by atoms with Crippen LogP contribution < -0.4 is 4.74 Å². The lowest BCUT2D eigenvalue weighted by molar-refractivity contribution is -0.163. The number of aryl methyl sites for hydroxylation is 1. The first-order valence-corrected chi connectivity index (χ1v) is 7.21. The minimum atomic E-state index is -0.0298. The van der Waals surface area contributed by atoms with Crippen molar-refractivity contribution in [1.29, 1.82) is 0 Å². The van der Waals surface area contributed by atoms with Crippen LogP contribution in [0.25, 0.3) is 0 Å². The van der Waals surface area contributed by atoms with Crippen molar-refractivity contribution in [3.05, 3.63) is 29.3 Å². The number of carbonyl (C=O) groups excluding carboxylic acids is 1. The summed E-state index contributed by atoms with van der Waals surface area (Å²) in [5.41, 5.74) is 1.64. The summed E-state index contributed by atoms with van der Waals surface area (Å²) in [7, 11) is 0. The average molecular weight is 278 g/mol. The molecular formula is C16H22O4. The van der Waals surface area contributed by atoms with E-state index in [9.17, 15) is 4.79 Å². The summed E-state index contributed by atoms with van der Waals surface area (Å²) in [6, 6.07) is 5.49. The summed E-state index contributed by atoms with van der Waals surface area (Å²) in [6.07, 6.45) is 4.97. The van der Waals surface area contributed by atoms with Gasteiger partial charge in [-0.2, -0.15) is 0 Å². The van der Waals surface area contributed by atoms with Crippen molar-refractivity contribution in [3.63, 3.8) is 0 Å². The molecule has 1 atom stereocenters. The zero-order valence-electron chi connectivity index (χ0n) is 12.0. The lowest BCUT2D eigenvalue weighted by Crippen LogP contribution is -2.23. The van der Waals surface area contributed by atoms with Gasteiger partial charge in [-0.25, -0.2) is 0 Å². The molecule has 1 saturated heterocycles. The fourth-order valence-electron chi connectivity index (χ4n) is 2.18. The topological polar surface area (TPSA) is 44.8 Å². The van der Waals surface area contributed by atoms with Gasteiger partial charge in [-0.1, -0.05) is 0 Å². The van der Waals surface area contributed by atoms with Gasteiger partial charge >= 0.3 is 0 Å². The van der Waals surface area contributed by atoms with E-state index in [1.165, 1.54) is 6.42 Å². The zero-order valence-corrected chi connectivity index (χ0v) is 12.0. The van der Waals surface area contributed by atoms with E-state index in [1.807, 2.05) is 19.1 Å². The number of carbonyl (C=O) groups is 1. The molecule has 110 valence electrons. The molecule has 0 N–H and O–H groups in total. The molecule has 1 aromatic rings. The van der Waals surface area contributed by atoms with Gasteiger partial charge in [-0.05, 0) is 49.9 Å². The van der Waals surface area contributed by atoms with Gasteiger partial charge in [0.1, 0.15) is 12.0 Å². The maximum Gasteiger partial charge on any atom is 0.157 e. The second-order valence-corrected chi connectivity index (χ2v) is 5.01. The number of aldehydes is 1. The monoisotopic (exact) mass is 278 g/mol. The normalized spacial score (nSPS) is 18.8. The Morgan fingerprint density at radius 2 is 2.25 bits per heavy atom. The number of hydrogen-bond acceptors (Lipinski definition) is 4. The van der Waals surface area contributed by atoms with Gasteiger partial charge in [0.15, 0.2) is 6.29 Å². The van der Waals surface area contributed by atoms with Crippen molar-refractivity contribution < 1.29 is 19.0 Å². The van der Waals surface area contributed by atoms with Crippen LogP contribution >= 0.6 is 0 Å². The van der Waals surface area contributed by atoms with E-state index in [-0.39, 0.29) is 6.29 Å². The van der Waals surface area contributed by atoms with Crippen molar-refractivity contribution in [2.45, 2.75) is 38.9 Å². The zero-order chi connectivity index (χ0) is 14.2. The van der Waals surface area contributed by atoms with E-state index in [0.29, 0.717) is 18.8 Å². The van der Waals surface area contributed by atoms with Crippen molar-refractivity contribution in [2.75, 3.05) is 19.8 Å². The first-order valence-electron chi connectivity index (χ1n) is 7.21. The van der Waals surface area contributed by atoms with Gasteiger partial charge in [-0.15, -0.1) is 0 Å². The summed E-state index contributed by atoms with van der Waals surface area (Å²) in [6.45, 7) is 3.96. The molecule has 0 spiro atoms. The molecule has 1 heterocycles. The predicted octanol–water partition coefficient (Wildman–Crippen LogP) is 3.12. The van der Waals surface area contributed by atoms with E-state index >= 15 is 0 Å². The quantitative estimate of drug-likeness (QED) is 0.568. The number of ether oxygens (including phenoxy) is 3. The molecule has 2 rings (SSSR count). The fraction of sp³-hybridized carbons (Fsp3) is 0.562. The van der Waals surface area contributed by atoms with Crippen molar-refractivity contribution in [3.8, 4) is 5.75 Å². The SMILES string of the molecule is Cc1cc(OCCCOC2CCCCO2)ccc1C=O. The Hall–Kier alpha value is -1.39. The van der Waals surface area contributed by atoms with Crippen LogP contribution in [0.15, 0.2) is 18.2 Å². The highest BCUT2D eigenvalue weighted by Crippen LogP contribution is 2.17. The van der Waals surface area contributed by atoms with Crippen LogP contribution in [-0.4, -0.2) is 32.4 Å². The molecule has 0 radical (unpaired) electrons. The van der Waals surface area contributed by atoms with Gasteiger partial charge in [0.2, 0.25) is 0 Å². The predicted molar refractivity (Wildman–Crippen MR) is 76.2 cm³/mol. The van der Waals surface area contributed by atoms with E-state index < -0.39 is 0 Å². The van der Waals surface area contributed by atoms with Crippen LogP contribution in [-0.2, 0) is 9.47 Å². The first kappa shape index (κ1) is 15.0. The van der Waals surface area contributed by atoms with E-state index in [0.717, 1.165) is 43.5 Å². The van der Waals surface area contributed by atoms with E-state index in [2.05, 4.69) is 0 Å². The lowest BCUT2D eigenvalue weighted by atomic mass is 10.1. The van der Waals surface area contributed by atoms with Crippen molar-refractivity contribution in [1.82, 2.24) is 0 Å². The van der Waals surface area contributed by atoms with Gasteiger partial charge in [0.25, 0.3) is 0 Å². The third-order valence-corrected chi connectivity index (χ3v) is 3.37. The molecule has 1 aliphatic rings. The maximum atomic E-state index is 10.7. The van der Waals surface area contributed by atoms with Crippen LogP contribution in [0.4, 0.5) is 0 Å². The Kier molecular flexibility index (Phi) is 6.02. The minimum absolute atomic E-state index is 0.0298. The molecule has 0 amide bonds. The molecule has 4 nitrogen and oxygen atoms in total. The van der Waals surface area contributed by atoms with Gasteiger partial charge < -0.3 is 14.2 Å². The third-order valence-electron chi connectivity index (χ3n) is 3.37. The highest BCUT2D eigenvalue weighted by Gasteiger charge is 2.13. The molecule has 0 bridgehead atoms. The standard InChI is InChI=1S/C16H22O4/c1-13-11-15(7-6-14(13)12-17)18-9-4-10-20-16-5-2-3-8-19-16/h6-7,11-12,16H,2-5,8-10H2,1H3. The first-order chi connectivity index (χ1) is 9.79. The second kappa shape index (κ2) is 8.02. The summed E-state index contributed by atoms with van der Waals surface area (Å²) >= 11 is 0. The molecule has 1 unspecified atom stereocenters. The highest BCUT2D eigenvalue weighted by molar-refractivity contribution is 5.77. The van der Waals surface area contributed by atoms with Gasteiger partial charge in [-0.3, -0.25) is 4.79 Å². The number of benzene rings is 1. The van der Waals surface area contributed by atoms with Gasteiger partial charge in [0.05, 0.1) is 13.2 Å². The second-order valence-electron chi connectivity index (χ2n) is 5.01. The summed E-state index contributed by atoms with van der Waals surface area (Å²) in [4.78, 5) is 10.7. The van der Waals surface area contributed by atoms with Crippen molar-refractivity contribution in [2.24, 2.45) is 0 Å². The molecule has 1 aliphatic heterocycles. The van der Waals surface area contributed by atoms with E-state index in [4.69, 9.17) is 14.2 Å². The van der Waals surface area contributed by atoms with Crippen LogP contribution in [0.2, 0.25) is 0 Å². The molecule has 0 aromatic heterocycles. The smallest absolute Gasteiger partial charge is 0.157 e. The van der Waals surface area contributed by atoms with Crippen LogP contribution in [0.1, 0.15) is 41.6 Å². The Balaban J connectivity index is 1.63. The molecule has 1 fully saturated rings. The van der Waals surface area contributed by atoms with Gasteiger partial charge in [0, 0.05) is 18.6 Å². The number of rotatable bonds is 7. The Morgan fingerprint density at radius 3 is 2.95 bits per heavy atom. The highest BCUT2D eigenvalue weighted by atomic mass is 16.7. The lowest BCUT2D eigenvalue weighted by Gasteiger charge is -2.22. The number of hydrogen-bond donors (Lipinski definition) is 0. The molecule has 0 aliphatic carbocycles. The summed E-state index contributed by atoms with van der Waals surface area (Å²) in [5.74, 6) is 0.794. The Labute approximate surface area is 120 Å².